The second kappa shape index (κ2) is 9.57. The van der Waals surface area contributed by atoms with Crippen molar-refractivity contribution >= 4 is 21.6 Å². The van der Waals surface area contributed by atoms with Crippen LogP contribution in [0.15, 0.2) is 59.5 Å². The summed E-state index contributed by atoms with van der Waals surface area (Å²) in [5.74, 6) is 0.345. The number of sulfonamides is 1. The van der Waals surface area contributed by atoms with Gasteiger partial charge in [0, 0.05) is 24.7 Å². The molecule has 0 spiro atoms. The third-order valence-electron chi connectivity index (χ3n) is 4.28. The summed E-state index contributed by atoms with van der Waals surface area (Å²) in [6, 6.07) is 15.4. The van der Waals surface area contributed by atoms with Crippen LogP contribution in [0.1, 0.15) is 12.8 Å². The number of rotatable bonds is 9. The molecule has 2 aromatic carbocycles. The first-order valence-electron chi connectivity index (χ1n) is 9.16. The van der Waals surface area contributed by atoms with E-state index in [1.54, 1.807) is 0 Å². The Hall–Kier alpha value is -3.15. The highest BCUT2D eigenvalue weighted by molar-refractivity contribution is 7.89. The molecule has 0 atom stereocenters. The summed E-state index contributed by atoms with van der Waals surface area (Å²) in [6.45, 7) is 0.452. The summed E-state index contributed by atoms with van der Waals surface area (Å²) in [7, 11) is -1.15. The normalized spacial score (nSPS) is 11.6. The van der Waals surface area contributed by atoms with E-state index in [9.17, 15) is 13.2 Å². The van der Waals surface area contributed by atoms with Gasteiger partial charge in [0.2, 0.25) is 11.7 Å². The highest BCUT2D eigenvalue weighted by Gasteiger charge is 2.20. The van der Waals surface area contributed by atoms with E-state index >= 15 is 0 Å². The van der Waals surface area contributed by atoms with E-state index in [0.29, 0.717) is 24.5 Å². The van der Waals surface area contributed by atoms with Gasteiger partial charge >= 0.3 is 0 Å². The average Bonchev–Trinajstić information content (AvgIpc) is 3.23. The Kier molecular flexibility index (Phi) is 6.87. The zero-order valence-corrected chi connectivity index (χ0v) is 17.4. The summed E-state index contributed by atoms with van der Waals surface area (Å²) in [4.78, 5) is 18.4. The van der Waals surface area contributed by atoms with E-state index < -0.39 is 10.0 Å². The highest BCUT2D eigenvalue weighted by atomic mass is 32.2. The molecule has 10 nitrogen and oxygen atoms in total. The molecule has 0 fully saturated rings. The minimum atomic E-state index is -3.72. The zero-order valence-electron chi connectivity index (χ0n) is 16.6. The number of hydroxylamine groups is 1. The molecule has 0 aliphatic carbocycles. The number of nitrogens with one attached hydrogen (secondary N) is 1. The van der Waals surface area contributed by atoms with Gasteiger partial charge in [-0.15, -0.1) is 10.2 Å². The average molecular weight is 430 g/mol. The van der Waals surface area contributed by atoms with Gasteiger partial charge in [-0.05, 0) is 35.9 Å². The van der Waals surface area contributed by atoms with Gasteiger partial charge in [0.25, 0.3) is 10.0 Å². The Balaban J connectivity index is 1.49. The molecular formula is C19H22N6O4S. The number of hydrogen-bond donors (Lipinski definition) is 1. The Morgan fingerprint density at radius 2 is 1.83 bits per heavy atom. The van der Waals surface area contributed by atoms with Crippen LogP contribution in [0.25, 0.3) is 11.4 Å². The van der Waals surface area contributed by atoms with Crippen molar-refractivity contribution in [2.24, 2.45) is 0 Å². The molecule has 0 saturated carbocycles. The number of hydrogen-bond acceptors (Lipinski definition) is 7. The van der Waals surface area contributed by atoms with Gasteiger partial charge in [0.05, 0.1) is 18.6 Å². The van der Waals surface area contributed by atoms with Crippen molar-refractivity contribution in [2.45, 2.75) is 24.3 Å². The lowest BCUT2D eigenvalue weighted by atomic mass is 10.2. The molecule has 3 aromatic rings. The van der Waals surface area contributed by atoms with Gasteiger partial charge in [0.1, 0.15) is 0 Å². The molecule has 3 rings (SSSR count). The standard InChI is InChI=1S/C19H22N6O4S/c1-24(29-2)30(27,28)17-12-10-16(11-13-17)20-18(26)9-6-14-25-22-19(21-23-25)15-7-4-3-5-8-15/h3-5,7-8,10-13H,6,9,14H2,1-2H3,(H,20,26). The molecule has 30 heavy (non-hydrogen) atoms. The van der Waals surface area contributed by atoms with E-state index in [4.69, 9.17) is 4.84 Å². The van der Waals surface area contributed by atoms with Crippen LogP contribution < -0.4 is 5.32 Å². The van der Waals surface area contributed by atoms with Crippen LogP contribution >= 0.6 is 0 Å². The molecule has 158 valence electrons. The molecule has 0 saturated heterocycles. The monoisotopic (exact) mass is 430 g/mol. The maximum absolute atomic E-state index is 12.2. The highest BCUT2D eigenvalue weighted by Crippen LogP contribution is 2.18. The number of tetrazole rings is 1. The van der Waals surface area contributed by atoms with E-state index in [1.165, 1.54) is 43.2 Å². The topological polar surface area (TPSA) is 119 Å². The van der Waals surface area contributed by atoms with Crippen LogP contribution in [0.5, 0.6) is 0 Å². The van der Waals surface area contributed by atoms with Crippen LogP contribution in [-0.2, 0) is 26.2 Å². The first-order chi connectivity index (χ1) is 14.4. The smallest absolute Gasteiger partial charge is 0.264 e. The van der Waals surface area contributed by atoms with Gasteiger partial charge in [-0.2, -0.15) is 4.80 Å². The number of carbonyl (C=O) groups excluding carboxylic acids is 1. The Labute approximate surface area is 174 Å². The van der Waals surface area contributed by atoms with Gasteiger partial charge in [-0.3, -0.25) is 9.63 Å². The van der Waals surface area contributed by atoms with Crippen molar-refractivity contribution in [2.75, 3.05) is 19.5 Å². The van der Waals surface area contributed by atoms with E-state index in [0.717, 1.165) is 10.0 Å². The van der Waals surface area contributed by atoms with E-state index in [-0.39, 0.29) is 17.2 Å². The van der Waals surface area contributed by atoms with Crippen molar-refractivity contribution in [3.63, 3.8) is 0 Å². The zero-order chi connectivity index (χ0) is 21.6. The van der Waals surface area contributed by atoms with Crippen LogP contribution in [0.4, 0.5) is 5.69 Å². The van der Waals surface area contributed by atoms with Crippen LogP contribution in [0.3, 0.4) is 0 Å². The SMILES string of the molecule is CON(C)S(=O)(=O)c1ccc(NC(=O)CCCn2nnc(-c3ccccc3)n2)cc1. The van der Waals surface area contributed by atoms with Crippen molar-refractivity contribution in [1.82, 2.24) is 24.7 Å². The fourth-order valence-corrected chi connectivity index (χ4v) is 3.58. The lowest BCUT2D eigenvalue weighted by Crippen LogP contribution is -2.25. The van der Waals surface area contributed by atoms with Gasteiger partial charge in [-0.25, -0.2) is 8.42 Å². The molecular weight excluding hydrogens is 408 g/mol. The van der Waals surface area contributed by atoms with Crippen molar-refractivity contribution in [3.05, 3.63) is 54.6 Å². The van der Waals surface area contributed by atoms with E-state index in [2.05, 4.69) is 20.7 Å². The molecule has 11 heteroatoms. The number of aryl methyl sites for hydroxylation is 1. The summed E-state index contributed by atoms with van der Waals surface area (Å²) >= 11 is 0. The fourth-order valence-electron chi connectivity index (χ4n) is 2.60. The van der Waals surface area contributed by atoms with Gasteiger partial charge in [-0.1, -0.05) is 34.8 Å². The summed E-state index contributed by atoms with van der Waals surface area (Å²) < 4.78 is 25.1. The maximum atomic E-state index is 12.2. The molecule has 1 aromatic heterocycles. The Bertz CT molecular complexity index is 1080. The summed E-state index contributed by atoms with van der Waals surface area (Å²) in [6.07, 6.45) is 0.788. The number of benzene rings is 2. The minimum absolute atomic E-state index is 0.0660. The maximum Gasteiger partial charge on any atom is 0.264 e. The molecule has 0 aliphatic rings. The molecule has 0 bridgehead atoms. The molecule has 0 unspecified atom stereocenters. The molecule has 0 aliphatic heterocycles. The number of aromatic nitrogens is 4. The third kappa shape index (κ3) is 5.26. The first kappa shape index (κ1) is 21.6. The lowest BCUT2D eigenvalue weighted by Gasteiger charge is -2.14. The second-order valence-electron chi connectivity index (χ2n) is 6.35. The van der Waals surface area contributed by atoms with Crippen LogP contribution in [-0.4, -0.2) is 53.2 Å². The van der Waals surface area contributed by atoms with E-state index in [1.807, 2.05) is 30.3 Å². The molecule has 1 amide bonds. The van der Waals surface area contributed by atoms with Crippen LogP contribution in [0, 0.1) is 0 Å². The molecule has 0 radical (unpaired) electrons. The quantitative estimate of drug-likeness (QED) is 0.515. The Morgan fingerprint density at radius 3 is 2.50 bits per heavy atom. The second-order valence-corrected chi connectivity index (χ2v) is 8.28. The Morgan fingerprint density at radius 1 is 1.13 bits per heavy atom. The number of carbonyl (C=O) groups is 1. The summed E-state index contributed by atoms with van der Waals surface area (Å²) in [5, 5.41) is 15.1. The number of amides is 1. The molecule has 1 heterocycles. The molecule has 1 N–H and O–H groups in total. The largest absolute Gasteiger partial charge is 0.326 e. The van der Waals surface area contributed by atoms with Crippen LogP contribution in [0.2, 0.25) is 0 Å². The van der Waals surface area contributed by atoms with Crippen molar-refractivity contribution < 1.29 is 18.0 Å². The van der Waals surface area contributed by atoms with Crippen molar-refractivity contribution in [1.29, 1.82) is 0 Å². The number of nitrogens with zero attached hydrogens (tertiary/aromatic N) is 5. The lowest BCUT2D eigenvalue weighted by molar-refractivity contribution is -0.116. The first-order valence-corrected chi connectivity index (χ1v) is 10.6. The van der Waals surface area contributed by atoms with Gasteiger partial charge in [0.15, 0.2) is 0 Å². The summed E-state index contributed by atoms with van der Waals surface area (Å²) in [5.41, 5.74) is 1.38. The fraction of sp³-hybridized carbons (Fsp3) is 0.263. The predicted molar refractivity (Wildman–Crippen MR) is 110 cm³/mol. The third-order valence-corrected chi connectivity index (χ3v) is 5.97. The number of anilines is 1. The van der Waals surface area contributed by atoms with Crippen molar-refractivity contribution in [3.8, 4) is 11.4 Å². The van der Waals surface area contributed by atoms with Gasteiger partial charge < -0.3 is 5.32 Å². The predicted octanol–water partition coefficient (Wildman–Crippen LogP) is 1.94. The minimum Gasteiger partial charge on any atom is -0.326 e.